The minimum atomic E-state index is 0.0809. The fourth-order valence-corrected chi connectivity index (χ4v) is 3.50. The van der Waals surface area contributed by atoms with Crippen LogP contribution in [-0.2, 0) is 6.42 Å². The van der Waals surface area contributed by atoms with E-state index in [1.165, 1.54) is 68.9 Å². The molecule has 1 aromatic carbocycles. The van der Waals surface area contributed by atoms with Crippen LogP contribution in [0.15, 0.2) is 18.2 Å². The molecule has 0 radical (unpaired) electrons. The minimum Gasteiger partial charge on any atom is -0.491 e. The third-order valence-corrected chi connectivity index (χ3v) is 4.81. The molecule has 0 spiro atoms. The molecule has 124 valence electrons. The van der Waals surface area contributed by atoms with Crippen LogP contribution in [-0.4, -0.2) is 18.3 Å². The lowest BCUT2D eigenvalue weighted by Crippen LogP contribution is -2.06. The molecule has 0 unspecified atom stereocenters. The molecule has 0 bridgehead atoms. The highest BCUT2D eigenvalue weighted by atomic mass is 16.5. The second-order valence-corrected chi connectivity index (χ2v) is 6.58. The summed E-state index contributed by atoms with van der Waals surface area (Å²) in [6.45, 7) is 2.70. The fourth-order valence-electron chi connectivity index (χ4n) is 3.50. The van der Waals surface area contributed by atoms with E-state index in [0.717, 1.165) is 18.1 Å². The zero-order valence-electron chi connectivity index (χ0n) is 14.2. The van der Waals surface area contributed by atoms with Crippen molar-refractivity contribution in [3.8, 4) is 5.75 Å². The average molecular weight is 304 g/mol. The monoisotopic (exact) mass is 304 g/mol. The molecular weight excluding hydrogens is 272 g/mol. The Bertz CT molecular complexity index is 420. The summed E-state index contributed by atoms with van der Waals surface area (Å²) in [5.74, 6) is 1.70. The summed E-state index contributed by atoms with van der Waals surface area (Å²) in [5, 5.41) is 8.99. The summed E-state index contributed by atoms with van der Waals surface area (Å²) in [7, 11) is 0. The van der Waals surface area contributed by atoms with Crippen LogP contribution in [0.4, 0.5) is 0 Å². The van der Waals surface area contributed by atoms with E-state index in [1.807, 2.05) is 0 Å². The average Bonchev–Trinajstić information content (AvgIpc) is 2.51. The molecule has 2 rings (SSSR count). The maximum atomic E-state index is 8.99. The topological polar surface area (TPSA) is 29.5 Å². The molecule has 0 amide bonds. The third kappa shape index (κ3) is 5.31. The summed E-state index contributed by atoms with van der Waals surface area (Å²) >= 11 is 0. The van der Waals surface area contributed by atoms with Gasteiger partial charge in [-0.15, -0.1) is 0 Å². The van der Waals surface area contributed by atoms with Gasteiger partial charge in [0.1, 0.15) is 12.4 Å². The number of aliphatic hydroxyl groups is 1. The molecule has 1 fully saturated rings. The Morgan fingerprint density at radius 1 is 1.09 bits per heavy atom. The first-order valence-corrected chi connectivity index (χ1v) is 9.21. The highest BCUT2D eigenvalue weighted by molar-refractivity contribution is 5.39. The number of unbranched alkanes of at least 4 members (excludes halogenated alkanes) is 1. The largest absolute Gasteiger partial charge is 0.491 e. The van der Waals surface area contributed by atoms with Gasteiger partial charge in [0.05, 0.1) is 6.61 Å². The summed E-state index contributed by atoms with van der Waals surface area (Å²) in [4.78, 5) is 0. The number of hydrogen-bond donors (Lipinski definition) is 1. The van der Waals surface area contributed by atoms with Gasteiger partial charge in [0.15, 0.2) is 0 Å². The van der Waals surface area contributed by atoms with Gasteiger partial charge < -0.3 is 9.84 Å². The molecule has 1 N–H and O–H groups in total. The number of ether oxygens (including phenoxy) is 1. The zero-order valence-corrected chi connectivity index (χ0v) is 14.2. The summed E-state index contributed by atoms with van der Waals surface area (Å²) in [6, 6.07) is 6.78. The second-order valence-electron chi connectivity index (χ2n) is 6.58. The predicted molar refractivity (Wildman–Crippen MR) is 92.7 cm³/mol. The standard InChI is InChI=1S/C20H32O2/c1-2-3-9-19-16-18(12-13-20(19)22-15-14-21)17-10-7-5-4-6-8-11-17/h12-13,16-17,21H,2-11,14-15H2,1H3. The van der Waals surface area contributed by atoms with Crippen LogP contribution in [0.5, 0.6) is 5.75 Å². The van der Waals surface area contributed by atoms with Crippen molar-refractivity contribution in [2.24, 2.45) is 0 Å². The van der Waals surface area contributed by atoms with Crippen molar-refractivity contribution in [2.75, 3.05) is 13.2 Å². The Morgan fingerprint density at radius 2 is 1.82 bits per heavy atom. The molecule has 1 aromatic rings. The van der Waals surface area contributed by atoms with E-state index in [0.29, 0.717) is 6.61 Å². The first kappa shape index (κ1) is 17.3. The van der Waals surface area contributed by atoms with Crippen LogP contribution in [0.2, 0.25) is 0 Å². The SMILES string of the molecule is CCCCc1cc(C2CCCCCCC2)ccc1OCCO. The van der Waals surface area contributed by atoms with Gasteiger partial charge in [-0.05, 0) is 48.8 Å². The van der Waals surface area contributed by atoms with E-state index in [1.54, 1.807) is 0 Å². The van der Waals surface area contributed by atoms with Gasteiger partial charge in [0.25, 0.3) is 0 Å². The van der Waals surface area contributed by atoms with E-state index in [4.69, 9.17) is 9.84 Å². The Morgan fingerprint density at radius 3 is 2.50 bits per heavy atom. The summed E-state index contributed by atoms with van der Waals surface area (Å²) in [6.07, 6.45) is 13.1. The van der Waals surface area contributed by atoms with Gasteiger partial charge in [0.2, 0.25) is 0 Å². The molecule has 1 aliphatic rings. The van der Waals surface area contributed by atoms with E-state index >= 15 is 0 Å². The normalized spacial score (nSPS) is 17.0. The van der Waals surface area contributed by atoms with Crippen LogP contribution < -0.4 is 4.74 Å². The number of benzene rings is 1. The van der Waals surface area contributed by atoms with Gasteiger partial charge in [-0.2, -0.15) is 0 Å². The molecular formula is C20H32O2. The minimum absolute atomic E-state index is 0.0809. The first-order valence-electron chi connectivity index (χ1n) is 9.21. The Hall–Kier alpha value is -1.02. The molecule has 2 heteroatoms. The summed E-state index contributed by atoms with van der Waals surface area (Å²) < 4.78 is 5.72. The Kier molecular flexibility index (Phi) is 7.79. The van der Waals surface area contributed by atoms with Crippen LogP contribution in [0.25, 0.3) is 0 Å². The highest BCUT2D eigenvalue weighted by Crippen LogP contribution is 2.33. The van der Waals surface area contributed by atoms with Crippen molar-refractivity contribution in [1.29, 1.82) is 0 Å². The maximum absolute atomic E-state index is 8.99. The molecule has 2 nitrogen and oxygen atoms in total. The lowest BCUT2D eigenvalue weighted by atomic mass is 9.85. The highest BCUT2D eigenvalue weighted by Gasteiger charge is 2.15. The van der Waals surface area contributed by atoms with E-state index in [-0.39, 0.29) is 6.61 Å². The lowest BCUT2D eigenvalue weighted by Gasteiger charge is -2.22. The number of aliphatic hydroxyl groups excluding tert-OH is 1. The molecule has 1 aliphatic carbocycles. The van der Waals surface area contributed by atoms with Gasteiger partial charge in [-0.3, -0.25) is 0 Å². The zero-order chi connectivity index (χ0) is 15.6. The van der Waals surface area contributed by atoms with Crippen molar-refractivity contribution < 1.29 is 9.84 Å². The molecule has 0 heterocycles. The van der Waals surface area contributed by atoms with E-state index in [9.17, 15) is 0 Å². The smallest absolute Gasteiger partial charge is 0.122 e. The molecule has 22 heavy (non-hydrogen) atoms. The molecule has 0 saturated heterocycles. The van der Waals surface area contributed by atoms with Crippen molar-refractivity contribution in [3.05, 3.63) is 29.3 Å². The van der Waals surface area contributed by atoms with Gasteiger partial charge in [-0.25, -0.2) is 0 Å². The summed E-state index contributed by atoms with van der Waals surface area (Å²) in [5.41, 5.74) is 2.83. The third-order valence-electron chi connectivity index (χ3n) is 4.81. The van der Waals surface area contributed by atoms with Crippen molar-refractivity contribution in [3.63, 3.8) is 0 Å². The van der Waals surface area contributed by atoms with E-state index < -0.39 is 0 Å². The van der Waals surface area contributed by atoms with Gasteiger partial charge in [-0.1, -0.05) is 57.6 Å². The Labute approximate surface area is 135 Å². The fraction of sp³-hybridized carbons (Fsp3) is 0.700. The molecule has 1 saturated carbocycles. The second kappa shape index (κ2) is 9.89. The predicted octanol–water partition coefficient (Wildman–Crippen LogP) is 5.23. The maximum Gasteiger partial charge on any atom is 0.122 e. The molecule has 0 atom stereocenters. The van der Waals surface area contributed by atoms with Crippen molar-refractivity contribution in [1.82, 2.24) is 0 Å². The van der Waals surface area contributed by atoms with Crippen LogP contribution >= 0.6 is 0 Å². The van der Waals surface area contributed by atoms with Crippen LogP contribution in [0.1, 0.15) is 81.8 Å². The molecule has 0 aliphatic heterocycles. The van der Waals surface area contributed by atoms with Crippen molar-refractivity contribution in [2.45, 2.75) is 77.0 Å². The van der Waals surface area contributed by atoms with Crippen LogP contribution in [0.3, 0.4) is 0 Å². The van der Waals surface area contributed by atoms with Gasteiger partial charge in [0, 0.05) is 0 Å². The number of aryl methyl sites for hydroxylation is 1. The first-order chi connectivity index (χ1) is 10.8. The van der Waals surface area contributed by atoms with Crippen LogP contribution in [0, 0.1) is 0 Å². The van der Waals surface area contributed by atoms with Crippen molar-refractivity contribution >= 4 is 0 Å². The quantitative estimate of drug-likeness (QED) is 0.747. The number of rotatable bonds is 7. The lowest BCUT2D eigenvalue weighted by molar-refractivity contribution is 0.200. The van der Waals surface area contributed by atoms with E-state index in [2.05, 4.69) is 25.1 Å². The molecule has 0 aromatic heterocycles. The van der Waals surface area contributed by atoms with Gasteiger partial charge >= 0.3 is 0 Å². The number of hydrogen-bond acceptors (Lipinski definition) is 2. The Balaban J connectivity index is 2.12.